The standard InChI is InChI=1S/C19H20ClNO2S2/c1-13(14-6-8-15(20)9-7-14)21-18(22)12-23-17-5-3-2-4-16(17)19-24-10-11-25-19/h2-9,13,19H,10-12H2,1H3,(H,21,22). The molecule has 6 heteroatoms. The first-order valence-electron chi connectivity index (χ1n) is 8.13. The summed E-state index contributed by atoms with van der Waals surface area (Å²) in [6, 6.07) is 15.4. The molecule has 3 nitrogen and oxygen atoms in total. The van der Waals surface area contributed by atoms with Gasteiger partial charge < -0.3 is 10.1 Å². The van der Waals surface area contributed by atoms with Gasteiger partial charge in [0.15, 0.2) is 6.61 Å². The van der Waals surface area contributed by atoms with Gasteiger partial charge in [0.1, 0.15) is 5.75 Å². The number of nitrogens with one attached hydrogen (secondary N) is 1. The van der Waals surface area contributed by atoms with Crippen molar-refractivity contribution in [2.75, 3.05) is 18.1 Å². The van der Waals surface area contributed by atoms with Crippen molar-refractivity contribution in [1.29, 1.82) is 0 Å². The molecule has 0 radical (unpaired) electrons. The number of thioether (sulfide) groups is 2. The number of carbonyl (C=O) groups is 1. The summed E-state index contributed by atoms with van der Waals surface area (Å²) in [6.07, 6.45) is 0. The van der Waals surface area contributed by atoms with E-state index in [0.717, 1.165) is 28.4 Å². The van der Waals surface area contributed by atoms with Crippen LogP contribution < -0.4 is 10.1 Å². The second kappa shape index (κ2) is 8.88. The summed E-state index contributed by atoms with van der Waals surface area (Å²) in [5, 5.41) is 3.64. The summed E-state index contributed by atoms with van der Waals surface area (Å²) >= 11 is 9.75. The minimum Gasteiger partial charge on any atom is -0.483 e. The van der Waals surface area contributed by atoms with Crippen molar-refractivity contribution in [3.8, 4) is 5.75 Å². The molecular formula is C19H20ClNO2S2. The van der Waals surface area contributed by atoms with Gasteiger partial charge in [0, 0.05) is 22.1 Å². The lowest BCUT2D eigenvalue weighted by Gasteiger charge is -2.17. The Balaban J connectivity index is 1.56. The molecule has 2 aromatic rings. The first-order chi connectivity index (χ1) is 12.1. The average molecular weight is 394 g/mol. The van der Waals surface area contributed by atoms with Crippen molar-refractivity contribution < 1.29 is 9.53 Å². The van der Waals surface area contributed by atoms with E-state index in [1.165, 1.54) is 0 Å². The average Bonchev–Trinajstić information content (AvgIpc) is 3.15. The molecule has 2 aromatic carbocycles. The Morgan fingerprint density at radius 3 is 2.60 bits per heavy atom. The molecule has 1 saturated heterocycles. The number of halogens is 1. The molecule has 0 aliphatic carbocycles. The fourth-order valence-corrected chi connectivity index (χ4v) is 5.64. The number of hydrogen-bond donors (Lipinski definition) is 1. The molecule has 3 rings (SSSR count). The van der Waals surface area contributed by atoms with E-state index < -0.39 is 0 Å². The van der Waals surface area contributed by atoms with E-state index in [9.17, 15) is 4.79 Å². The lowest BCUT2D eigenvalue weighted by atomic mass is 10.1. The molecule has 1 fully saturated rings. The van der Waals surface area contributed by atoms with Crippen LogP contribution in [-0.2, 0) is 4.79 Å². The van der Waals surface area contributed by atoms with Crippen LogP contribution in [0.2, 0.25) is 5.02 Å². The molecule has 1 N–H and O–H groups in total. The van der Waals surface area contributed by atoms with Gasteiger partial charge in [0.05, 0.1) is 10.6 Å². The molecule has 1 unspecified atom stereocenters. The number of benzene rings is 2. The van der Waals surface area contributed by atoms with Crippen molar-refractivity contribution in [3.63, 3.8) is 0 Å². The summed E-state index contributed by atoms with van der Waals surface area (Å²) in [5.41, 5.74) is 2.17. The molecule has 0 saturated carbocycles. The van der Waals surface area contributed by atoms with Gasteiger partial charge >= 0.3 is 0 Å². The molecule has 1 atom stereocenters. The highest BCUT2D eigenvalue weighted by atomic mass is 35.5. The number of amides is 1. The van der Waals surface area contributed by atoms with Crippen LogP contribution in [0.3, 0.4) is 0 Å². The summed E-state index contributed by atoms with van der Waals surface area (Å²) in [6.45, 7) is 1.96. The minimum atomic E-state index is -0.135. The third-order valence-corrected chi connectivity index (χ3v) is 7.22. The molecular weight excluding hydrogens is 374 g/mol. The first-order valence-corrected chi connectivity index (χ1v) is 10.6. The van der Waals surface area contributed by atoms with E-state index in [1.54, 1.807) is 0 Å². The first kappa shape index (κ1) is 18.5. The molecule has 1 aliphatic heterocycles. The second-order valence-corrected chi connectivity index (χ2v) is 8.90. The van der Waals surface area contributed by atoms with Crippen LogP contribution in [0.5, 0.6) is 5.75 Å². The van der Waals surface area contributed by atoms with Crippen LogP contribution in [0.25, 0.3) is 0 Å². The Labute approximate surface area is 161 Å². The maximum Gasteiger partial charge on any atom is 0.258 e. The zero-order chi connectivity index (χ0) is 17.6. The zero-order valence-electron chi connectivity index (χ0n) is 13.9. The predicted molar refractivity (Wildman–Crippen MR) is 108 cm³/mol. The van der Waals surface area contributed by atoms with Crippen molar-refractivity contribution in [2.24, 2.45) is 0 Å². The SMILES string of the molecule is CC(NC(=O)COc1ccccc1C1SCCS1)c1ccc(Cl)cc1. The Bertz CT molecular complexity index is 718. The zero-order valence-corrected chi connectivity index (χ0v) is 16.3. The Morgan fingerprint density at radius 2 is 1.88 bits per heavy atom. The molecule has 1 heterocycles. The number of rotatable bonds is 6. The summed E-state index contributed by atoms with van der Waals surface area (Å²) in [7, 11) is 0. The van der Waals surface area contributed by atoms with Crippen LogP contribution in [0, 0.1) is 0 Å². The molecule has 25 heavy (non-hydrogen) atoms. The summed E-state index contributed by atoms with van der Waals surface area (Å²) in [4.78, 5) is 12.2. The molecule has 0 bridgehead atoms. The fourth-order valence-electron chi connectivity index (χ4n) is 2.61. The smallest absolute Gasteiger partial charge is 0.258 e. The number of carbonyl (C=O) groups excluding carboxylic acids is 1. The lowest BCUT2D eigenvalue weighted by Crippen LogP contribution is -2.31. The Kier molecular flexibility index (Phi) is 6.57. The maximum absolute atomic E-state index is 12.2. The van der Waals surface area contributed by atoms with Crippen molar-refractivity contribution in [2.45, 2.75) is 17.5 Å². The highest BCUT2D eigenvalue weighted by molar-refractivity contribution is 8.19. The molecule has 1 amide bonds. The van der Waals surface area contributed by atoms with Crippen LogP contribution in [0.15, 0.2) is 48.5 Å². The highest BCUT2D eigenvalue weighted by Crippen LogP contribution is 2.48. The van der Waals surface area contributed by atoms with E-state index >= 15 is 0 Å². The number of ether oxygens (including phenoxy) is 1. The highest BCUT2D eigenvalue weighted by Gasteiger charge is 2.22. The lowest BCUT2D eigenvalue weighted by molar-refractivity contribution is -0.123. The van der Waals surface area contributed by atoms with E-state index in [-0.39, 0.29) is 18.6 Å². The van der Waals surface area contributed by atoms with Gasteiger partial charge in [-0.05, 0) is 30.7 Å². The normalized spacial score (nSPS) is 15.8. The van der Waals surface area contributed by atoms with Gasteiger partial charge in [0.25, 0.3) is 5.91 Å². The van der Waals surface area contributed by atoms with Crippen LogP contribution in [0.1, 0.15) is 28.7 Å². The van der Waals surface area contributed by atoms with Crippen LogP contribution in [-0.4, -0.2) is 24.0 Å². The predicted octanol–water partition coefficient (Wildman–Crippen LogP) is 5.07. The van der Waals surface area contributed by atoms with Gasteiger partial charge in [-0.15, -0.1) is 23.5 Å². The number of hydrogen-bond acceptors (Lipinski definition) is 4. The monoisotopic (exact) mass is 393 g/mol. The third kappa shape index (κ3) is 5.09. The largest absolute Gasteiger partial charge is 0.483 e. The molecule has 0 aromatic heterocycles. The third-order valence-electron chi connectivity index (χ3n) is 3.90. The van der Waals surface area contributed by atoms with Crippen LogP contribution in [0.4, 0.5) is 0 Å². The maximum atomic E-state index is 12.2. The van der Waals surface area contributed by atoms with Gasteiger partial charge in [-0.25, -0.2) is 0 Å². The van der Waals surface area contributed by atoms with Crippen molar-refractivity contribution in [1.82, 2.24) is 5.32 Å². The minimum absolute atomic E-state index is 0.0109. The Morgan fingerprint density at radius 1 is 1.20 bits per heavy atom. The molecule has 0 spiro atoms. The number of para-hydroxylation sites is 1. The van der Waals surface area contributed by atoms with Crippen LogP contribution >= 0.6 is 35.1 Å². The van der Waals surface area contributed by atoms with Gasteiger partial charge in [-0.3, -0.25) is 4.79 Å². The fraction of sp³-hybridized carbons (Fsp3) is 0.316. The second-order valence-electron chi connectivity index (χ2n) is 5.74. The van der Waals surface area contributed by atoms with E-state index in [2.05, 4.69) is 11.4 Å². The quantitative estimate of drug-likeness (QED) is 0.743. The summed E-state index contributed by atoms with van der Waals surface area (Å²) in [5.74, 6) is 2.97. The van der Waals surface area contributed by atoms with Crippen molar-refractivity contribution >= 4 is 41.0 Å². The van der Waals surface area contributed by atoms with Crippen molar-refractivity contribution in [3.05, 3.63) is 64.7 Å². The van der Waals surface area contributed by atoms with Gasteiger partial charge in [0.2, 0.25) is 0 Å². The van der Waals surface area contributed by atoms with Gasteiger partial charge in [-0.1, -0.05) is 41.9 Å². The molecule has 132 valence electrons. The van der Waals surface area contributed by atoms with E-state index in [1.807, 2.05) is 72.9 Å². The van der Waals surface area contributed by atoms with Gasteiger partial charge in [-0.2, -0.15) is 0 Å². The van der Waals surface area contributed by atoms with E-state index in [0.29, 0.717) is 9.60 Å². The van der Waals surface area contributed by atoms with E-state index in [4.69, 9.17) is 16.3 Å². The topological polar surface area (TPSA) is 38.3 Å². The summed E-state index contributed by atoms with van der Waals surface area (Å²) < 4.78 is 6.20. The Hall–Kier alpha value is -1.30. The molecule has 1 aliphatic rings.